The van der Waals surface area contributed by atoms with E-state index in [2.05, 4.69) is 6.58 Å². The number of carbonyl (C=O) groups is 3. The fourth-order valence-electron chi connectivity index (χ4n) is 1.27. The van der Waals surface area contributed by atoms with Gasteiger partial charge in [-0.05, 0) is 6.92 Å². The second kappa shape index (κ2) is 9.17. The lowest BCUT2D eigenvalue weighted by Gasteiger charge is -2.18. The number of amides is 3. The summed E-state index contributed by atoms with van der Waals surface area (Å²) in [4.78, 5) is 34.6. The van der Waals surface area contributed by atoms with Crippen LogP contribution in [0.1, 0.15) is 13.3 Å². The Labute approximate surface area is 106 Å². The maximum atomic E-state index is 11.3. The Balaban J connectivity index is 4.10. The van der Waals surface area contributed by atoms with Crippen molar-refractivity contribution < 1.29 is 19.1 Å². The van der Waals surface area contributed by atoms with Crippen molar-refractivity contribution >= 4 is 17.9 Å². The molecule has 3 N–H and O–H groups in total. The van der Waals surface area contributed by atoms with E-state index < -0.39 is 11.9 Å². The summed E-state index contributed by atoms with van der Waals surface area (Å²) >= 11 is 0. The maximum absolute atomic E-state index is 11.3. The van der Waals surface area contributed by atoms with Crippen LogP contribution >= 0.6 is 0 Å². The monoisotopic (exact) mass is 257 g/mol. The molecule has 3 amide bonds. The fraction of sp³-hybridized carbons (Fsp3) is 0.545. The number of imide groups is 1. The molecule has 0 aromatic heterocycles. The predicted octanol–water partition coefficient (Wildman–Crippen LogP) is -0.377. The Morgan fingerprint density at radius 1 is 1.44 bits per heavy atom. The molecule has 0 aromatic rings. The highest BCUT2D eigenvalue weighted by molar-refractivity contribution is 5.93. The van der Waals surface area contributed by atoms with Crippen LogP contribution in [0.3, 0.4) is 0 Å². The van der Waals surface area contributed by atoms with Crippen LogP contribution in [0.5, 0.6) is 0 Å². The number of primary amides is 1. The minimum Gasteiger partial charge on any atom is -0.465 e. The summed E-state index contributed by atoms with van der Waals surface area (Å²) in [6, 6.07) is -0.888. The van der Waals surface area contributed by atoms with Crippen LogP contribution in [0.4, 0.5) is 4.79 Å². The third-order valence-corrected chi connectivity index (χ3v) is 1.96. The third-order valence-electron chi connectivity index (χ3n) is 1.96. The molecule has 0 rings (SSSR count). The highest BCUT2D eigenvalue weighted by Gasteiger charge is 2.12. The lowest BCUT2D eigenvalue weighted by atomic mass is 10.3. The highest BCUT2D eigenvalue weighted by atomic mass is 16.5. The Bertz CT molecular complexity index is 317. The number of carbonyl (C=O) groups excluding carboxylic acids is 3. The molecule has 0 saturated heterocycles. The molecule has 0 unspecified atom stereocenters. The van der Waals surface area contributed by atoms with Crippen LogP contribution in [0.25, 0.3) is 0 Å². The van der Waals surface area contributed by atoms with Gasteiger partial charge in [0.1, 0.15) is 0 Å². The summed E-state index contributed by atoms with van der Waals surface area (Å²) in [5, 5.41) is 1.95. The molecule has 0 bridgehead atoms. The number of ether oxygens (including phenoxy) is 1. The Morgan fingerprint density at radius 3 is 2.61 bits per heavy atom. The average Bonchev–Trinajstić information content (AvgIpc) is 2.25. The topological polar surface area (TPSA) is 102 Å². The van der Waals surface area contributed by atoms with Gasteiger partial charge >= 0.3 is 12.0 Å². The van der Waals surface area contributed by atoms with E-state index in [0.29, 0.717) is 19.7 Å². The van der Waals surface area contributed by atoms with E-state index in [4.69, 9.17) is 10.5 Å². The lowest BCUT2D eigenvalue weighted by Crippen LogP contribution is -2.38. The minimum atomic E-state index is -0.888. The van der Waals surface area contributed by atoms with Crippen LogP contribution in [-0.2, 0) is 14.3 Å². The summed E-state index contributed by atoms with van der Waals surface area (Å²) in [7, 11) is 0. The van der Waals surface area contributed by atoms with Crippen molar-refractivity contribution in [3.63, 3.8) is 0 Å². The summed E-state index contributed by atoms with van der Waals surface area (Å²) in [5.74, 6) is -0.852. The summed E-state index contributed by atoms with van der Waals surface area (Å²) in [6.45, 7) is 6.42. The van der Waals surface area contributed by atoms with Crippen LogP contribution in [0.2, 0.25) is 0 Å². The van der Waals surface area contributed by atoms with Gasteiger partial charge in [0.05, 0.1) is 13.2 Å². The molecule has 0 aliphatic heterocycles. The Hall–Kier alpha value is -1.89. The number of urea groups is 1. The average molecular weight is 257 g/mol. The van der Waals surface area contributed by atoms with Crippen molar-refractivity contribution in [3.8, 4) is 0 Å². The quantitative estimate of drug-likeness (QED) is 0.456. The number of nitrogens with two attached hydrogens (primary N) is 1. The smallest absolute Gasteiger partial charge is 0.320 e. The molecule has 0 radical (unpaired) electrons. The van der Waals surface area contributed by atoms with Crippen molar-refractivity contribution in [1.29, 1.82) is 0 Å². The molecular weight excluding hydrogens is 238 g/mol. The van der Waals surface area contributed by atoms with Crippen LogP contribution < -0.4 is 11.1 Å². The second-order valence-corrected chi connectivity index (χ2v) is 3.49. The SMILES string of the molecule is C=CCN(CCC(=O)NC(N)=O)CC(=O)OCC. The zero-order valence-corrected chi connectivity index (χ0v) is 10.5. The lowest BCUT2D eigenvalue weighted by molar-refractivity contribution is -0.144. The normalized spacial score (nSPS) is 9.89. The molecule has 0 spiro atoms. The first kappa shape index (κ1) is 16.1. The van der Waals surface area contributed by atoms with E-state index in [1.54, 1.807) is 17.9 Å². The third kappa shape index (κ3) is 8.28. The van der Waals surface area contributed by atoms with E-state index in [0.717, 1.165) is 0 Å². The molecule has 0 saturated carbocycles. The van der Waals surface area contributed by atoms with Crippen LogP contribution in [0.15, 0.2) is 12.7 Å². The van der Waals surface area contributed by atoms with Crippen molar-refractivity contribution in [3.05, 3.63) is 12.7 Å². The Kier molecular flexibility index (Phi) is 8.21. The van der Waals surface area contributed by atoms with Crippen molar-refractivity contribution in [2.24, 2.45) is 5.73 Å². The predicted molar refractivity (Wildman–Crippen MR) is 65.6 cm³/mol. The van der Waals surface area contributed by atoms with Gasteiger partial charge in [0.2, 0.25) is 5.91 Å². The first-order valence-electron chi connectivity index (χ1n) is 5.57. The van der Waals surface area contributed by atoms with Gasteiger partial charge in [0.15, 0.2) is 0 Å². The summed E-state index contributed by atoms with van der Waals surface area (Å²) in [6.07, 6.45) is 1.68. The molecular formula is C11H19N3O4. The van der Waals surface area contributed by atoms with Gasteiger partial charge in [0.25, 0.3) is 0 Å². The minimum absolute atomic E-state index is 0.0657. The molecule has 7 nitrogen and oxygen atoms in total. The van der Waals surface area contributed by atoms with Gasteiger partial charge in [-0.2, -0.15) is 0 Å². The van der Waals surface area contributed by atoms with Crippen molar-refractivity contribution in [2.75, 3.05) is 26.2 Å². The number of hydrogen-bond donors (Lipinski definition) is 2. The van der Waals surface area contributed by atoms with E-state index in [1.807, 2.05) is 5.32 Å². The van der Waals surface area contributed by atoms with E-state index in [1.165, 1.54) is 0 Å². The number of nitrogens with one attached hydrogen (secondary N) is 1. The largest absolute Gasteiger partial charge is 0.465 e. The van der Waals surface area contributed by atoms with E-state index in [9.17, 15) is 14.4 Å². The first-order valence-corrected chi connectivity index (χ1v) is 5.57. The molecule has 0 aliphatic carbocycles. The highest BCUT2D eigenvalue weighted by Crippen LogP contribution is 1.94. The maximum Gasteiger partial charge on any atom is 0.320 e. The molecule has 0 atom stereocenters. The summed E-state index contributed by atoms with van der Waals surface area (Å²) < 4.78 is 4.80. The zero-order valence-electron chi connectivity index (χ0n) is 10.5. The number of hydrogen-bond acceptors (Lipinski definition) is 5. The molecule has 0 aromatic carbocycles. The Morgan fingerprint density at radius 2 is 2.11 bits per heavy atom. The van der Waals surface area contributed by atoms with E-state index in [-0.39, 0.29) is 18.9 Å². The molecule has 102 valence electrons. The van der Waals surface area contributed by atoms with Crippen LogP contribution in [0, 0.1) is 0 Å². The van der Waals surface area contributed by atoms with Crippen molar-refractivity contribution in [2.45, 2.75) is 13.3 Å². The molecule has 0 aliphatic rings. The molecule has 7 heteroatoms. The molecule has 18 heavy (non-hydrogen) atoms. The zero-order chi connectivity index (χ0) is 14.0. The standard InChI is InChI=1S/C11H19N3O4/c1-3-6-14(8-10(16)18-4-2)7-5-9(15)13-11(12)17/h3H,1,4-8H2,2H3,(H3,12,13,15,17). The van der Waals surface area contributed by atoms with Gasteiger partial charge in [-0.15, -0.1) is 6.58 Å². The van der Waals surface area contributed by atoms with Gasteiger partial charge in [-0.25, -0.2) is 4.79 Å². The fourth-order valence-corrected chi connectivity index (χ4v) is 1.27. The second-order valence-electron chi connectivity index (χ2n) is 3.49. The van der Waals surface area contributed by atoms with Crippen molar-refractivity contribution in [1.82, 2.24) is 10.2 Å². The number of nitrogens with zero attached hydrogens (tertiary/aromatic N) is 1. The van der Waals surface area contributed by atoms with Gasteiger partial charge in [0, 0.05) is 19.5 Å². The van der Waals surface area contributed by atoms with Gasteiger partial charge in [-0.3, -0.25) is 19.8 Å². The number of esters is 1. The van der Waals surface area contributed by atoms with E-state index >= 15 is 0 Å². The van der Waals surface area contributed by atoms with Crippen LogP contribution in [-0.4, -0.2) is 49.0 Å². The van der Waals surface area contributed by atoms with Gasteiger partial charge in [-0.1, -0.05) is 6.08 Å². The number of rotatable bonds is 8. The summed E-state index contributed by atoms with van der Waals surface area (Å²) in [5.41, 5.74) is 4.80. The van der Waals surface area contributed by atoms with Gasteiger partial charge < -0.3 is 10.5 Å². The molecule has 0 fully saturated rings. The first-order chi connectivity index (χ1) is 8.49. The molecule has 0 heterocycles.